The van der Waals surface area contributed by atoms with E-state index in [1.165, 1.54) is 0 Å². The van der Waals surface area contributed by atoms with Crippen LogP contribution in [0.15, 0.2) is 36.4 Å². The summed E-state index contributed by atoms with van der Waals surface area (Å²) in [6, 6.07) is 10.3. The van der Waals surface area contributed by atoms with Crippen molar-refractivity contribution < 1.29 is 47.5 Å². The molecule has 0 N–H and O–H groups in total. The lowest BCUT2D eigenvalue weighted by atomic mass is 10.00. The van der Waals surface area contributed by atoms with Crippen LogP contribution in [0.2, 0.25) is 0 Å². The zero-order valence-corrected chi connectivity index (χ0v) is 21.6. The average Bonchev–Trinajstić information content (AvgIpc) is 2.88. The fraction of sp³-hybridized carbons (Fsp3) is 0.571. The van der Waals surface area contributed by atoms with Gasteiger partial charge < -0.3 is 37.9 Å². The molecule has 2 aromatic rings. The summed E-state index contributed by atoms with van der Waals surface area (Å²) in [6.45, 7) is 7.01. The summed E-state index contributed by atoms with van der Waals surface area (Å²) in [5, 5.41) is 1.23. The summed E-state index contributed by atoms with van der Waals surface area (Å²) < 4.78 is 42.9. The van der Waals surface area contributed by atoms with E-state index in [0.717, 1.165) is 26.4 Å². The van der Waals surface area contributed by atoms with Crippen molar-refractivity contribution in [3.63, 3.8) is 0 Å². The van der Waals surface area contributed by atoms with E-state index in [1.807, 2.05) is 0 Å². The fourth-order valence-electron chi connectivity index (χ4n) is 3.91. The molecule has 0 amide bonds. The SMILES string of the molecule is O=C(OCCOCCOCC1COC1)c1cccc2c(C(=O)OCCOCCOCC3COC3)cccc12. The maximum Gasteiger partial charge on any atom is 0.338 e. The lowest BCUT2D eigenvalue weighted by Crippen LogP contribution is -2.32. The van der Waals surface area contributed by atoms with Crippen molar-refractivity contribution >= 4 is 22.7 Å². The number of fused-ring (bicyclic) bond motifs is 1. The molecule has 2 heterocycles. The molecule has 0 radical (unpaired) electrons. The Bertz CT molecular complexity index is 937. The van der Waals surface area contributed by atoms with Crippen molar-refractivity contribution in [3.05, 3.63) is 47.5 Å². The maximum absolute atomic E-state index is 12.7. The number of ether oxygens (including phenoxy) is 8. The highest BCUT2D eigenvalue weighted by atomic mass is 16.6. The molecule has 10 nitrogen and oxygen atoms in total. The number of carbonyl (C=O) groups excluding carboxylic acids is 2. The first-order valence-corrected chi connectivity index (χ1v) is 13.0. The van der Waals surface area contributed by atoms with E-state index in [4.69, 9.17) is 37.9 Å². The van der Waals surface area contributed by atoms with Gasteiger partial charge in [-0.15, -0.1) is 0 Å². The van der Waals surface area contributed by atoms with Gasteiger partial charge in [-0.2, -0.15) is 0 Å². The number of benzene rings is 2. The second-order valence-corrected chi connectivity index (χ2v) is 9.16. The Hall–Kier alpha value is -2.60. The molecule has 2 aliphatic rings. The van der Waals surface area contributed by atoms with E-state index < -0.39 is 11.9 Å². The van der Waals surface area contributed by atoms with Crippen LogP contribution < -0.4 is 0 Å². The smallest absolute Gasteiger partial charge is 0.338 e. The summed E-state index contributed by atoms with van der Waals surface area (Å²) in [5.74, 6) is 0.0139. The zero-order valence-electron chi connectivity index (χ0n) is 21.6. The van der Waals surface area contributed by atoms with Crippen LogP contribution in [-0.2, 0) is 37.9 Å². The Labute approximate surface area is 222 Å². The molecular formula is C28H36O10. The largest absolute Gasteiger partial charge is 0.460 e. The lowest BCUT2D eigenvalue weighted by molar-refractivity contribution is -0.0782. The summed E-state index contributed by atoms with van der Waals surface area (Å²) in [7, 11) is 0. The number of rotatable bonds is 18. The zero-order chi connectivity index (χ0) is 26.4. The minimum Gasteiger partial charge on any atom is -0.460 e. The number of hydrogen-bond donors (Lipinski definition) is 0. The molecule has 4 rings (SSSR count). The molecule has 0 aliphatic carbocycles. The van der Waals surface area contributed by atoms with Crippen molar-refractivity contribution in [2.24, 2.45) is 11.8 Å². The quantitative estimate of drug-likeness (QED) is 0.210. The molecule has 2 fully saturated rings. The number of carbonyl (C=O) groups is 2. The third-order valence-corrected chi connectivity index (χ3v) is 6.15. The molecule has 0 unspecified atom stereocenters. The minimum atomic E-state index is -0.480. The Morgan fingerprint density at radius 2 is 0.974 bits per heavy atom. The third-order valence-electron chi connectivity index (χ3n) is 6.15. The van der Waals surface area contributed by atoms with Gasteiger partial charge in [-0.25, -0.2) is 9.59 Å². The second kappa shape index (κ2) is 15.7. The molecular weight excluding hydrogens is 496 g/mol. The monoisotopic (exact) mass is 532 g/mol. The van der Waals surface area contributed by atoms with Crippen LogP contribution >= 0.6 is 0 Å². The van der Waals surface area contributed by atoms with Gasteiger partial charge in [-0.05, 0) is 22.9 Å². The Morgan fingerprint density at radius 3 is 1.37 bits per heavy atom. The van der Waals surface area contributed by atoms with Gasteiger partial charge in [0.1, 0.15) is 13.2 Å². The fourth-order valence-corrected chi connectivity index (χ4v) is 3.91. The van der Waals surface area contributed by atoms with Gasteiger partial charge in [0.15, 0.2) is 0 Å². The van der Waals surface area contributed by atoms with E-state index in [2.05, 4.69) is 0 Å². The molecule has 0 aromatic heterocycles. The average molecular weight is 533 g/mol. The first kappa shape index (κ1) is 28.4. The van der Waals surface area contributed by atoms with Crippen LogP contribution in [-0.4, -0.2) is 104 Å². The molecule has 10 heteroatoms. The number of esters is 2. The van der Waals surface area contributed by atoms with Crippen LogP contribution in [0, 0.1) is 11.8 Å². The van der Waals surface area contributed by atoms with Crippen molar-refractivity contribution in [2.75, 3.05) is 92.5 Å². The van der Waals surface area contributed by atoms with Crippen LogP contribution in [0.4, 0.5) is 0 Å². The molecule has 2 aromatic carbocycles. The van der Waals surface area contributed by atoms with E-state index >= 15 is 0 Å². The summed E-state index contributed by atoms with van der Waals surface area (Å²) in [6.07, 6.45) is 0. The summed E-state index contributed by atoms with van der Waals surface area (Å²) in [5.41, 5.74) is 0.750. The van der Waals surface area contributed by atoms with Crippen LogP contribution in [0.25, 0.3) is 10.8 Å². The van der Waals surface area contributed by atoms with Gasteiger partial charge >= 0.3 is 11.9 Å². The highest BCUT2D eigenvalue weighted by Crippen LogP contribution is 2.24. The van der Waals surface area contributed by atoms with E-state index in [9.17, 15) is 9.59 Å². The van der Waals surface area contributed by atoms with Gasteiger partial charge in [0.2, 0.25) is 0 Å². The third kappa shape index (κ3) is 8.72. The van der Waals surface area contributed by atoms with E-state index in [1.54, 1.807) is 36.4 Å². The lowest BCUT2D eigenvalue weighted by Gasteiger charge is -2.25. The standard InChI is InChI=1S/C28H36O10/c29-27(37-13-11-31-7-9-33-15-21-17-35-18-21)25-5-1-3-23-24(25)4-2-6-26(23)28(30)38-14-12-32-8-10-34-16-22-19-36-20-22/h1-6,21-22H,7-20H2. The topological polar surface area (TPSA) is 108 Å². The normalized spacial score (nSPS) is 15.7. The van der Waals surface area contributed by atoms with E-state index in [0.29, 0.717) is 73.4 Å². The van der Waals surface area contributed by atoms with Crippen LogP contribution in [0.5, 0.6) is 0 Å². The van der Waals surface area contributed by atoms with E-state index in [-0.39, 0.29) is 26.4 Å². The molecule has 0 spiro atoms. The Kier molecular flexibility index (Phi) is 11.8. The van der Waals surface area contributed by atoms with Gasteiger partial charge in [0.05, 0.1) is 90.4 Å². The first-order chi connectivity index (χ1) is 18.7. The van der Waals surface area contributed by atoms with Crippen LogP contribution in [0.1, 0.15) is 20.7 Å². The second-order valence-electron chi connectivity index (χ2n) is 9.16. The molecule has 0 bridgehead atoms. The molecule has 2 aliphatic heterocycles. The van der Waals surface area contributed by atoms with Gasteiger partial charge in [-0.3, -0.25) is 0 Å². The van der Waals surface area contributed by atoms with Gasteiger partial charge in [-0.1, -0.05) is 24.3 Å². The maximum atomic E-state index is 12.7. The predicted molar refractivity (Wildman–Crippen MR) is 136 cm³/mol. The summed E-state index contributed by atoms with van der Waals surface area (Å²) >= 11 is 0. The molecule has 208 valence electrons. The first-order valence-electron chi connectivity index (χ1n) is 13.0. The van der Waals surface area contributed by atoms with Crippen molar-refractivity contribution in [2.45, 2.75) is 0 Å². The Morgan fingerprint density at radius 1 is 0.579 bits per heavy atom. The van der Waals surface area contributed by atoms with Gasteiger partial charge in [0, 0.05) is 11.8 Å². The predicted octanol–water partition coefficient (Wildman–Crippen LogP) is 2.51. The van der Waals surface area contributed by atoms with Crippen molar-refractivity contribution in [1.29, 1.82) is 0 Å². The molecule has 0 saturated carbocycles. The van der Waals surface area contributed by atoms with Gasteiger partial charge in [0.25, 0.3) is 0 Å². The highest BCUT2D eigenvalue weighted by molar-refractivity contribution is 6.11. The molecule has 2 saturated heterocycles. The molecule has 0 atom stereocenters. The summed E-state index contributed by atoms with van der Waals surface area (Å²) in [4.78, 5) is 25.4. The molecule has 38 heavy (non-hydrogen) atoms. The Balaban J connectivity index is 1.15. The minimum absolute atomic E-state index is 0.119. The highest BCUT2D eigenvalue weighted by Gasteiger charge is 2.19. The number of hydrogen-bond acceptors (Lipinski definition) is 10. The van der Waals surface area contributed by atoms with Crippen LogP contribution in [0.3, 0.4) is 0 Å². The van der Waals surface area contributed by atoms with Crippen molar-refractivity contribution in [3.8, 4) is 0 Å². The van der Waals surface area contributed by atoms with Crippen molar-refractivity contribution in [1.82, 2.24) is 0 Å².